The maximum atomic E-state index is 12.5. The molecule has 8 heteroatoms. The van der Waals surface area contributed by atoms with Crippen molar-refractivity contribution in [2.24, 2.45) is 0 Å². The first-order valence-corrected chi connectivity index (χ1v) is 12.3. The Hall–Kier alpha value is -1.66. The van der Waals surface area contributed by atoms with E-state index < -0.39 is 13.8 Å². The van der Waals surface area contributed by atoms with E-state index in [2.05, 4.69) is 56.9 Å². The summed E-state index contributed by atoms with van der Waals surface area (Å²) in [6, 6.07) is 23.4. The van der Waals surface area contributed by atoms with E-state index in [1.165, 1.54) is 22.8 Å². The summed E-state index contributed by atoms with van der Waals surface area (Å²) in [6.45, 7) is 0. The number of halogens is 3. The second-order valence-corrected chi connectivity index (χ2v) is 9.79. The number of hydrogen-bond donors (Lipinski definition) is 1. The van der Waals surface area contributed by atoms with Gasteiger partial charge >= 0.3 is 13.8 Å². The van der Waals surface area contributed by atoms with Gasteiger partial charge in [-0.3, -0.25) is 0 Å². The van der Waals surface area contributed by atoms with Crippen LogP contribution in [0.25, 0.3) is 11.1 Å². The molecule has 0 aliphatic heterocycles. The number of rotatable bonds is 8. The van der Waals surface area contributed by atoms with E-state index in [-0.39, 0.29) is 5.75 Å². The molecule has 0 spiro atoms. The lowest BCUT2D eigenvalue weighted by molar-refractivity contribution is 0.188. The Labute approximate surface area is 180 Å². The van der Waals surface area contributed by atoms with Crippen molar-refractivity contribution in [2.75, 3.05) is 0 Å². The lowest BCUT2D eigenvalue weighted by atomic mass is 10.0. The van der Waals surface area contributed by atoms with Crippen LogP contribution in [0.1, 0.15) is 11.1 Å². The molecule has 0 radical (unpaired) electrons. The number of hydrogen-bond acceptors (Lipinski definition) is 3. The summed E-state index contributed by atoms with van der Waals surface area (Å²) in [7, 11) is -4.98. The molecular formula is C21H18BrF2O3PS. The highest BCUT2D eigenvalue weighted by atomic mass is 79.9. The van der Waals surface area contributed by atoms with Crippen LogP contribution in [0.4, 0.5) is 8.78 Å². The van der Waals surface area contributed by atoms with Crippen LogP contribution in [0.3, 0.4) is 0 Å². The third-order valence-corrected chi connectivity index (χ3v) is 6.72. The van der Waals surface area contributed by atoms with Crippen molar-refractivity contribution in [3.05, 3.63) is 88.4 Å². The minimum Gasteiger partial charge on any atom is -0.420 e. The highest BCUT2D eigenvalue weighted by molar-refractivity contribution is 9.10. The van der Waals surface area contributed by atoms with Crippen LogP contribution in [-0.4, -0.2) is 11.1 Å². The number of thioether (sulfide) groups is 1. The van der Waals surface area contributed by atoms with Crippen LogP contribution >= 0.6 is 35.3 Å². The molecule has 1 N–H and O–H groups in total. The van der Waals surface area contributed by atoms with Gasteiger partial charge in [-0.25, -0.2) is 4.57 Å². The van der Waals surface area contributed by atoms with E-state index in [0.29, 0.717) is 10.2 Å². The molecule has 0 aliphatic rings. The van der Waals surface area contributed by atoms with Crippen LogP contribution in [0.15, 0.2) is 77.3 Å². The first kappa shape index (κ1) is 22.0. The molecule has 3 aromatic rings. The van der Waals surface area contributed by atoms with E-state index in [1.807, 2.05) is 18.2 Å². The summed E-state index contributed by atoms with van der Waals surface area (Å²) in [6.07, 6.45) is -3.45. The van der Waals surface area contributed by atoms with Gasteiger partial charge in [0.05, 0.1) is 4.47 Å². The second-order valence-electron chi connectivity index (χ2n) is 6.25. The van der Waals surface area contributed by atoms with Gasteiger partial charge in [0.15, 0.2) is 0 Å². The monoisotopic (exact) mass is 498 g/mol. The van der Waals surface area contributed by atoms with Gasteiger partial charge in [-0.2, -0.15) is 20.5 Å². The lowest BCUT2D eigenvalue weighted by Gasteiger charge is -2.14. The Kier molecular flexibility index (Phi) is 7.52. The van der Waals surface area contributed by atoms with Crippen molar-refractivity contribution in [3.63, 3.8) is 0 Å². The molecule has 29 heavy (non-hydrogen) atoms. The minimum absolute atomic E-state index is 0.0821. The maximum Gasteiger partial charge on any atom is 0.442 e. The molecule has 0 aliphatic carbocycles. The third-order valence-electron chi connectivity index (χ3n) is 4.07. The Balaban J connectivity index is 1.55. The molecule has 1 unspecified atom stereocenters. The quantitative estimate of drug-likeness (QED) is 0.330. The first-order valence-electron chi connectivity index (χ1n) is 8.66. The molecular weight excluding hydrogens is 481 g/mol. The van der Waals surface area contributed by atoms with Crippen LogP contribution in [0.2, 0.25) is 0 Å². The average molecular weight is 499 g/mol. The van der Waals surface area contributed by atoms with Crippen molar-refractivity contribution in [3.8, 4) is 16.9 Å². The van der Waals surface area contributed by atoms with Crippen LogP contribution in [0.5, 0.6) is 5.75 Å². The van der Waals surface area contributed by atoms with Gasteiger partial charge in [0.25, 0.3) is 0 Å². The molecule has 3 nitrogen and oxygen atoms in total. The zero-order valence-corrected chi connectivity index (χ0v) is 18.5. The molecule has 0 saturated heterocycles. The largest absolute Gasteiger partial charge is 0.442 e. The molecule has 0 amide bonds. The molecule has 1 atom stereocenters. The lowest BCUT2D eigenvalue weighted by Crippen LogP contribution is -2.01. The van der Waals surface area contributed by atoms with Gasteiger partial charge in [0.1, 0.15) is 5.75 Å². The highest BCUT2D eigenvalue weighted by Gasteiger charge is 2.34. The van der Waals surface area contributed by atoms with E-state index in [4.69, 9.17) is 4.89 Å². The second kappa shape index (κ2) is 9.90. The zero-order valence-electron chi connectivity index (χ0n) is 15.2. The standard InChI is InChI=1S/C21H18BrF2O3PS/c22-19-12-16(8-11-20(19)27-28(25,26)21(23)24)14-29-13-15-6-9-18(10-7-15)17-4-2-1-3-5-17/h1-12,21H,13-14H2,(H,25,26). The van der Waals surface area contributed by atoms with Crippen molar-refractivity contribution in [1.29, 1.82) is 0 Å². The summed E-state index contributed by atoms with van der Waals surface area (Å²) < 4.78 is 41.3. The van der Waals surface area contributed by atoms with Crippen molar-refractivity contribution >= 4 is 35.3 Å². The van der Waals surface area contributed by atoms with Crippen LogP contribution in [-0.2, 0) is 16.1 Å². The van der Waals surface area contributed by atoms with Crippen LogP contribution < -0.4 is 4.52 Å². The fraction of sp³-hybridized carbons (Fsp3) is 0.143. The molecule has 0 fully saturated rings. The molecule has 3 rings (SSSR count). The summed E-state index contributed by atoms with van der Waals surface area (Å²) in [5.74, 6) is 1.44. The fourth-order valence-electron chi connectivity index (χ4n) is 2.60. The molecule has 0 bridgehead atoms. The Morgan fingerprint density at radius 3 is 2.14 bits per heavy atom. The van der Waals surface area contributed by atoms with Gasteiger partial charge in [-0.05, 0) is 50.3 Å². The molecule has 3 aromatic carbocycles. The Morgan fingerprint density at radius 2 is 1.52 bits per heavy atom. The summed E-state index contributed by atoms with van der Waals surface area (Å²) in [4.78, 5) is 9.16. The summed E-state index contributed by atoms with van der Waals surface area (Å²) in [5, 5.41) is 0. The summed E-state index contributed by atoms with van der Waals surface area (Å²) in [5.41, 5.74) is 4.49. The zero-order chi connectivity index (χ0) is 20.9. The van der Waals surface area contributed by atoms with Gasteiger partial charge in [-0.1, -0.05) is 60.7 Å². The molecule has 0 aromatic heterocycles. The molecule has 152 valence electrons. The number of alkyl halides is 2. The normalized spacial score (nSPS) is 13.3. The van der Waals surface area contributed by atoms with Crippen LogP contribution in [0, 0.1) is 0 Å². The van der Waals surface area contributed by atoms with Gasteiger partial charge in [-0.15, -0.1) is 0 Å². The number of benzene rings is 3. The predicted octanol–water partition coefficient (Wildman–Crippen LogP) is 7.34. The molecule has 0 heterocycles. The van der Waals surface area contributed by atoms with Gasteiger partial charge in [0, 0.05) is 11.5 Å². The third kappa shape index (κ3) is 6.16. The average Bonchev–Trinajstić information content (AvgIpc) is 2.71. The van der Waals surface area contributed by atoms with Crippen molar-refractivity contribution in [1.82, 2.24) is 0 Å². The maximum absolute atomic E-state index is 12.5. The first-order chi connectivity index (χ1) is 13.8. The van der Waals surface area contributed by atoms with E-state index in [0.717, 1.165) is 11.3 Å². The fourth-order valence-corrected chi connectivity index (χ4v) is 4.70. The van der Waals surface area contributed by atoms with E-state index >= 15 is 0 Å². The highest BCUT2D eigenvalue weighted by Crippen LogP contribution is 2.50. The van der Waals surface area contributed by atoms with E-state index in [9.17, 15) is 13.3 Å². The SMILES string of the molecule is O=P(O)(Oc1ccc(CSCc2ccc(-c3ccccc3)cc2)cc1Br)C(F)F. The topological polar surface area (TPSA) is 46.5 Å². The van der Waals surface area contributed by atoms with Gasteiger partial charge in [0.2, 0.25) is 0 Å². The minimum atomic E-state index is -4.98. The Morgan fingerprint density at radius 1 is 0.931 bits per heavy atom. The predicted molar refractivity (Wildman–Crippen MR) is 117 cm³/mol. The smallest absolute Gasteiger partial charge is 0.420 e. The summed E-state index contributed by atoms with van der Waals surface area (Å²) >= 11 is 4.91. The van der Waals surface area contributed by atoms with Crippen molar-refractivity contribution < 1.29 is 22.8 Å². The Bertz CT molecular complexity index is 1000. The van der Waals surface area contributed by atoms with E-state index in [1.54, 1.807) is 23.9 Å². The molecule has 0 saturated carbocycles. The van der Waals surface area contributed by atoms with Crippen molar-refractivity contribution in [2.45, 2.75) is 17.7 Å². The van der Waals surface area contributed by atoms with Gasteiger partial charge < -0.3 is 9.42 Å².